The number of rotatable bonds is 14. The van der Waals surface area contributed by atoms with Crippen molar-refractivity contribution in [2.45, 2.75) is 77.6 Å². The van der Waals surface area contributed by atoms with E-state index in [0.29, 0.717) is 0 Å². The standard InChI is InChI=1S/C19H34O/c1-3-4-5-6-7-8-9-10-11-12-13-14-15-16-17-18-19-20-2/h7-8,10-11,18-19H,3-6,9,12-17H2,1-2H3/b8-7+,11-10+,19-18+. The Morgan fingerprint density at radius 3 is 1.75 bits per heavy atom. The highest BCUT2D eigenvalue weighted by Crippen LogP contribution is 2.07. The van der Waals surface area contributed by atoms with E-state index >= 15 is 0 Å². The van der Waals surface area contributed by atoms with Gasteiger partial charge in [0.1, 0.15) is 0 Å². The first-order chi connectivity index (χ1) is 9.91. The molecule has 0 aliphatic rings. The summed E-state index contributed by atoms with van der Waals surface area (Å²) < 4.78 is 4.87. The Morgan fingerprint density at radius 1 is 0.650 bits per heavy atom. The molecule has 0 unspecified atom stereocenters. The highest BCUT2D eigenvalue weighted by atomic mass is 16.5. The number of methoxy groups -OCH3 is 1. The first-order valence-corrected chi connectivity index (χ1v) is 8.39. The lowest BCUT2D eigenvalue weighted by molar-refractivity contribution is 0.336. The van der Waals surface area contributed by atoms with Gasteiger partial charge in [-0.2, -0.15) is 0 Å². The largest absolute Gasteiger partial charge is 0.505 e. The molecule has 20 heavy (non-hydrogen) atoms. The van der Waals surface area contributed by atoms with Crippen LogP contribution in [0.5, 0.6) is 0 Å². The first-order valence-electron chi connectivity index (χ1n) is 8.39. The molecule has 0 spiro atoms. The van der Waals surface area contributed by atoms with Crippen molar-refractivity contribution in [3.8, 4) is 0 Å². The summed E-state index contributed by atoms with van der Waals surface area (Å²) in [7, 11) is 1.70. The van der Waals surface area contributed by atoms with Gasteiger partial charge in [0.15, 0.2) is 0 Å². The summed E-state index contributed by atoms with van der Waals surface area (Å²) >= 11 is 0. The Morgan fingerprint density at radius 2 is 1.20 bits per heavy atom. The first kappa shape index (κ1) is 19.0. The molecular weight excluding hydrogens is 244 g/mol. The van der Waals surface area contributed by atoms with E-state index in [-0.39, 0.29) is 0 Å². The van der Waals surface area contributed by atoms with Crippen LogP contribution >= 0.6 is 0 Å². The van der Waals surface area contributed by atoms with Crippen molar-refractivity contribution in [3.05, 3.63) is 36.6 Å². The van der Waals surface area contributed by atoms with E-state index in [1.165, 1.54) is 57.8 Å². The molecule has 0 heterocycles. The second-order valence-electron chi connectivity index (χ2n) is 5.27. The topological polar surface area (TPSA) is 9.23 Å². The molecule has 0 amide bonds. The van der Waals surface area contributed by atoms with Crippen molar-refractivity contribution >= 4 is 0 Å². The number of hydrogen-bond acceptors (Lipinski definition) is 1. The van der Waals surface area contributed by atoms with Gasteiger partial charge in [-0.3, -0.25) is 0 Å². The second-order valence-corrected chi connectivity index (χ2v) is 5.27. The zero-order valence-electron chi connectivity index (χ0n) is 13.7. The smallest absolute Gasteiger partial charge is 0.0784 e. The summed E-state index contributed by atoms with van der Waals surface area (Å²) in [5, 5.41) is 0. The van der Waals surface area contributed by atoms with Gasteiger partial charge in [0.25, 0.3) is 0 Å². The van der Waals surface area contributed by atoms with Gasteiger partial charge in [-0.05, 0) is 51.0 Å². The predicted molar refractivity (Wildman–Crippen MR) is 90.9 cm³/mol. The van der Waals surface area contributed by atoms with E-state index in [2.05, 4.69) is 37.3 Å². The Balaban J connectivity index is 3.17. The molecule has 0 N–H and O–H groups in total. The van der Waals surface area contributed by atoms with Crippen molar-refractivity contribution in [2.75, 3.05) is 7.11 Å². The third kappa shape index (κ3) is 17.0. The lowest BCUT2D eigenvalue weighted by atomic mass is 10.1. The maximum absolute atomic E-state index is 4.87. The molecule has 0 aliphatic heterocycles. The van der Waals surface area contributed by atoms with Crippen LogP contribution in [0, 0.1) is 0 Å². The molecule has 1 nitrogen and oxygen atoms in total. The van der Waals surface area contributed by atoms with E-state index in [1.807, 2.05) is 0 Å². The minimum absolute atomic E-state index is 1.11. The van der Waals surface area contributed by atoms with Crippen molar-refractivity contribution in [1.82, 2.24) is 0 Å². The van der Waals surface area contributed by atoms with Gasteiger partial charge in [-0.1, -0.05) is 56.9 Å². The van der Waals surface area contributed by atoms with Gasteiger partial charge in [0.2, 0.25) is 0 Å². The summed E-state index contributed by atoms with van der Waals surface area (Å²) in [6.45, 7) is 2.25. The number of ether oxygens (including phenoxy) is 1. The number of unbranched alkanes of at least 4 members (excludes halogenated alkanes) is 8. The van der Waals surface area contributed by atoms with E-state index in [4.69, 9.17) is 4.74 Å². The molecule has 0 atom stereocenters. The second kappa shape index (κ2) is 18.0. The monoisotopic (exact) mass is 278 g/mol. The normalized spacial score (nSPS) is 12.1. The molecule has 0 aromatic rings. The van der Waals surface area contributed by atoms with E-state index in [0.717, 1.165) is 12.8 Å². The quantitative estimate of drug-likeness (QED) is 0.198. The predicted octanol–water partition coefficient (Wildman–Crippen LogP) is 6.57. The van der Waals surface area contributed by atoms with Crippen LogP contribution in [-0.2, 0) is 4.74 Å². The molecule has 0 saturated heterocycles. The molecule has 0 saturated carbocycles. The van der Waals surface area contributed by atoms with Gasteiger partial charge >= 0.3 is 0 Å². The van der Waals surface area contributed by atoms with Crippen LogP contribution < -0.4 is 0 Å². The molecular formula is C19H34O. The Bertz CT molecular complexity index is 250. The fourth-order valence-corrected chi connectivity index (χ4v) is 2.06. The summed E-state index contributed by atoms with van der Waals surface area (Å²) in [6, 6.07) is 0. The van der Waals surface area contributed by atoms with Crippen LogP contribution in [0.3, 0.4) is 0 Å². The van der Waals surface area contributed by atoms with Crippen LogP contribution in [0.15, 0.2) is 36.6 Å². The van der Waals surface area contributed by atoms with Gasteiger partial charge in [0.05, 0.1) is 13.4 Å². The van der Waals surface area contributed by atoms with Crippen LogP contribution in [-0.4, -0.2) is 7.11 Å². The average Bonchev–Trinajstić information content (AvgIpc) is 2.47. The minimum Gasteiger partial charge on any atom is -0.505 e. The lowest BCUT2D eigenvalue weighted by Gasteiger charge is -1.96. The molecule has 0 aliphatic carbocycles. The van der Waals surface area contributed by atoms with Crippen LogP contribution in [0.2, 0.25) is 0 Å². The zero-order valence-corrected chi connectivity index (χ0v) is 13.7. The number of allylic oxidation sites excluding steroid dienone is 5. The highest BCUT2D eigenvalue weighted by molar-refractivity contribution is 4.92. The molecule has 0 radical (unpaired) electrons. The van der Waals surface area contributed by atoms with Gasteiger partial charge in [-0.15, -0.1) is 0 Å². The van der Waals surface area contributed by atoms with E-state index in [9.17, 15) is 0 Å². The van der Waals surface area contributed by atoms with Crippen molar-refractivity contribution in [1.29, 1.82) is 0 Å². The molecule has 1 heteroatoms. The van der Waals surface area contributed by atoms with Crippen LogP contribution in [0.25, 0.3) is 0 Å². The van der Waals surface area contributed by atoms with Crippen LogP contribution in [0.1, 0.15) is 77.6 Å². The highest BCUT2D eigenvalue weighted by Gasteiger charge is 1.87. The lowest BCUT2D eigenvalue weighted by Crippen LogP contribution is -1.77. The fraction of sp³-hybridized carbons (Fsp3) is 0.684. The van der Waals surface area contributed by atoms with Gasteiger partial charge < -0.3 is 4.74 Å². The molecule has 0 rings (SSSR count). The molecule has 0 bridgehead atoms. The van der Waals surface area contributed by atoms with E-state index in [1.54, 1.807) is 13.4 Å². The average molecular weight is 278 g/mol. The Labute approximate surface area is 126 Å². The minimum atomic E-state index is 1.11. The Kier molecular flexibility index (Phi) is 17.1. The zero-order chi connectivity index (χ0) is 14.7. The molecule has 0 fully saturated rings. The Hall–Kier alpha value is -0.980. The third-order valence-electron chi connectivity index (χ3n) is 3.30. The summed E-state index contributed by atoms with van der Waals surface area (Å²) in [6.07, 6.45) is 27.2. The van der Waals surface area contributed by atoms with Crippen LogP contribution in [0.4, 0.5) is 0 Å². The van der Waals surface area contributed by atoms with Crippen molar-refractivity contribution < 1.29 is 4.74 Å². The fourth-order valence-electron chi connectivity index (χ4n) is 2.06. The summed E-state index contributed by atoms with van der Waals surface area (Å²) in [5.41, 5.74) is 0. The molecule has 0 aromatic heterocycles. The summed E-state index contributed by atoms with van der Waals surface area (Å²) in [5.74, 6) is 0. The van der Waals surface area contributed by atoms with Gasteiger partial charge in [-0.25, -0.2) is 0 Å². The van der Waals surface area contributed by atoms with Gasteiger partial charge in [0, 0.05) is 0 Å². The third-order valence-corrected chi connectivity index (χ3v) is 3.30. The van der Waals surface area contributed by atoms with Crippen molar-refractivity contribution in [3.63, 3.8) is 0 Å². The summed E-state index contributed by atoms with van der Waals surface area (Å²) in [4.78, 5) is 0. The van der Waals surface area contributed by atoms with E-state index < -0.39 is 0 Å². The maximum atomic E-state index is 4.87. The maximum Gasteiger partial charge on any atom is 0.0784 e. The molecule has 116 valence electrons. The molecule has 0 aromatic carbocycles. The SMILES string of the molecule is CCCCC/C=C/C/C=C/CCCCCC/C=C/OC. The van der Waals surface area contributed by atoms with Crippen molar-refractivity contribution in [2.24, 2.45) is 0 Å². The number of hydrogen-bond donors (Lipinski definition) is 0.